The SMILES string of the molecule is COC(=O)c1sccc1NC(=O)C(C)Oc1ccc(F)cc1. The number of hydrogen-bond acceptors (Lipinski definition) is 5. The number of anilines is 1. The highest BCUT2D eigenvalue weighted by Crippen LogP contribution is 2.23. The lowest BCUT2D eigenvalue weighted by molar-refractivity contribution is -0.122. The molecule has 0 aliphatic carbocycles. The first-order valence-electron chi connectivity index (χ1n) is 6.40. The molecular formula is C15H14FNO4S. The number of halogens is 1. The lowest BCUT2D eigenvalue weighted by atomic mass is 10.3. The van der Waals surface area contributed by atoms with Crippen LogP contribution in [0.1, 0.15) is 16.6 Å². The van der Waals surface area contributed by atoms with Crippen LogP contribution in [0.5, 0.6) is 5.75 Å². The molecule has 1 unspecified atom stereocenters. The molecule has 1 aromatic carbocycles. The Morgan fingerprint density at radius 3 is 2.55 bits per heavy atom. The molecule has 116 valence electrons. The van der Waals surface area contributed by atoms with Crippen molar-refractivity contribution in [3.8, 4) is 5.75 Å². The average Bonchev–Trinajstić information content (AvgIpc) is 2.96. The summed E-state index contributed by atoms with van der Waals surface area (Å²) < 4.78 is 22.9. The van der Waals surface area contributed by atoms with E-state index < -0.39 is 18.0 Å². The van der Waals surface area contributed by atoms with E-state index in [-0.39, 0.29) is 5.82 Å². The van der Waals surface area contributed by atoms with E-state index in [0.29, 0.717) is 16.3 Å². The van der Waals surface area contributed by atoms with Gasteiger partial charge in [0.05, 0.1) is 12.8 Å². The molecule has 7 heteroatoms. The van der Waals surface area contributed by atoms with Crippen LogP contribution in [0.4, 0.5) is 10.1 Å². The van der Waals surface area contributed by atoms with Crippen LogP contribution in [-0.4, -0.2) is 25.1 Å². The van der Waals surface area contributed by atoms with Gasteiger partial charge in [0.15, 0.2) is 6.10 Å². The molecule has 2 aromatic rings. The second kappa shape index (κ2) is 7.04. The van der Waals surface area contributed by atoms with Crippen molar-refractivity contribution >= 4 is 28.9 Å². The van der Waals surface area contributed by atoms with Gasteiger partial charge in [-0.2, -0.15) is 0 Å². The molecule has 0 radical (unpaired) electrons. The fourth-order valence-corrected chi connectivity index (χ4v) is 2.43. The van der Waals surface area contributed by atoms with E-state index in [9.17, 15) is 14.0 Å². The molecule has 0 spiro atoms. The molecule has 1 aromatic heterocycles. The summed E-state index contributed by atoms with van der Waals surface area (Å²) in [6, 6.07) is 6.97. The van der Waals surface area contributed by atoms with Crippen LogP contribution in [0.25, 0.3) is 0 Å². The minimum Gasteiger partial charge on any atom is -0.481 e. The minimum atomic E-state index is -0.809. The number of thiophene rings is 1. The number of hydrogen-bond donors (Lipinski definition) is 1. The van der Waals surface area contributed by atoms with Crippen LogP contribution >= 0.6 is 11.3 Å². The van der Waals surface area contributed by atoms with Crippen LogP contribution in [0.15, 0.2) is 35.7 Å². The van der Waals surface area contributed by atoms with Crippen LogP contribution in [0, 0.1) is 5.82 Å². The predicted molar refractivity (Wildman–Crippen MR) is 80.8 cm³/mol. The molecule has 0 aliphatic heterocycles. The summed E-state index contributed by atoms with van der Waals surface area (Å²) in [5.74, 6) is -0.946. The Hall–Kier alpha value is -2.41. The number of ether oxygens (including phenoxy) is 2. The van der Waals surface area contributed by atoms with E-state index >= 15 is 0 Å². The molecule has 0 aliphatic rings. The molecule has 1 heterocycles. The third-order valence-electron chi connectivity index (χ3n) is 2.79. The van der Waals surface area contributed by atoms with Gasteiger partial charge in [-0.05, 0) is 42.6 Å². The fraction of sp³-hybridized carbons (Fsp3) is 0.200. The normalized spacial score (nSPS) is 11.6. The second-order valence-corrected chi connectivity index (χ2v) is 5.27. The number of methoxy groups -OCH3 is 1. The first-order valence-corrected chi connectivity index (χ1v) is 7.28. The van der Waals surface area contributed by atoms with Crippen LogP contribution in [0.3, 0.4) is 0 Å². The number of benzene rings is 1. The molecule has 0 saturated carbocycles. The highest BCUT2D eigenvalue weighted by molar-refractivity contribution is 7.12. The van der Waals surface area contributed by atoms with E-state index in [0.717, 1.165) is 0 Å². The number of rotatable bonds is 5. The smallest absolute Gasteiger partial charge is 0.350 e. The topological polar surface area (TPSA) is 64.6 Å². The third kappa shape index (κ3) is 3.82. The molecule has 1 N–H and O–H groups in total. The molecule has 1 amide bonds. The Morgan fingerprint density at radius 2 is 1.91 bits per heavy atom. The van der Waals surface area contributed by atoms with Gasteiger partial charge in [-0.25, -0.2) is 9.18 Å². The lowest BCUT2D eigenvalue weighted by Gasteiger charge is -2.14. The Labute approximate surface area is 130 Å². The molecule has 22 heavy (non-hydrogen) atoms. The van der Waals surface area contributed by atoms with Gasteiger partial charge in [0, 0.05) is 0 Å². The first-order chi connectivity index (χ1) is 10.5. The molecule has 1 atom stereocenters. The zero-order chi connectivity index (χ0) is 16.1. The predicted octanol–water partition coefficient (Wildman–Crippen LogP) is 3.08. The summed E-state index contributed by atoms with van der Waals surface area (Å²) in [6.45, 7) is 1.56. The van der Waals surface area contributed by atoms with Crippen LogP contribution < -0.4 is 10.1 Å². The van der Waals surface area contributed by atoms with Crippen molar-refractivity contribution < 1.29 is 23.5 Å². The number of esters is 1. The summed E-state index contributed by atoms with van der Waals surface area (Å²) in [6.07, 6.45) is -0.809. The van der Waals surface area contributed by atoms with Gasteiger partial charge in [-0.15, -0.1) is 11.3 Å². The van der Waals surface area contributed by atoms with Crippen molar-refractivity contribution in [2.75, 3.05) is 12.4 Å². The summed E-state index contributed by atoms with van der Waals surface area (Å²) in [7, 11) is 1.27. The lowest BCUT2D eigenvalue weighted by Crippen LogP contribution is -2.30. The highest BCUT2D eigenvalue weighted by atomic mass is 32.1. The summed E-state index contributed by atoms with van der Waals surface area (Å²) >= 11 is 1.17. The van der Waals surface area contributed by atoms with Gasteiger partial charge in [-0.3, -0.25) is 4.79 Å². The van der Waals surface area contributed by atoms with E-state index in [1.165, 1.54) is 42.7 Å². The Kier molecular flexibility index (Phi) is 5.11. The van der Waals surface area contributed by atoms with Gasteiger partial charge in [0.2, 0.25) is 0 Å². The van der Waals surface area contributed by atoms with Crippen molar-refractivity contribution in [1.29, 1.82) is 0 Å². The van der Waals surface area contributed by atoms with Crippen LogP contribution in [-0.2, 0) is 9.53 Å². The van der Waals surface area contributed by atoms with E-state index in [1.54, 1.807) is 18.4 Å². The Bertz CT molecular complexity index is 668. The Morgan fingerprint density at radius 1 is 1.23 bits per heavy atom. The summed E-state index contributed by atoms with van der Waals surface area (Å²) in [5, 5.41) is 4.28. The standard InChI is InChI=1S/C15H14FNO4S/c1-9(21-11-5-3-10(16)4-6-11)14(18)17-12-7-8-22-13(12)15(19)20-2/h3-9H,1-2H3,(H,17,18). The van der Waals surface area contributed by atoms with Crippen molar-refractivity contribution in [1.82, 2.24) is 0 Å². The monoisotopic (exact) mass is 323 g/mol. The maximum Gasteiger partial charge on any atom is 0.350 e. The maximum atomic E-state index is 12.8. The van der Waals surface area contributed by atoms with Gasteiger partial charge in [-0.1, -0.05) is 0 Å². The largest absolute Gasteiger partial charge is 0.481 e. The van der Waals surface area contributed by atoms with Crippen molar-refractivity contribution in [3.63, 3.8) is 0 Å². The van der Waals surface area contributed by atoms with E-state index in [2.05, 4.69) is 10.1 Å². The third-order valence-corrected chi connectivity index (χ3v) is 3.68. The molecule has 2 rings (SSSR count). The second-order valence-electron chi connectivity index (χ2n) is 4.36. The number of carbonyl (C=O) groups excluding carboxylic acids is 2. The first kappa shape index (κ1) is 16.0. The van der Waals surface area contributed by atoms with Gasteiger partial charge < -0.3 is 14.8 Å². The number of nitrogens with one attached hydrogen (secondary N) is 1. The van der Waals surface area contributed by atoms with E-state index in [4.69, 9.17) is 4.74 Å². The van der Waals surface area contributed by atoms with Gasteiger partial charge in [0.1, 0.15) is 16.4 Å². The minimum absolute atomic E-state index is 0.310. The van der Waals surface area contributed by atoms with E-state index in [1.807, 2.05) is 0 Å². The zero-order valence-electron chi connectivity index (χ0n) is 12.0. The summed E-state index contributed by atoms with van der Waals surface area (Å²) in [5.41, 5.74) is 0.372. The zero-order valence-corrected chi connectivity index (χ0v) is 12.8. The quantitative estimate of drug-likeness (QED) is 0.859. The Balaban J connectivity index is 2.01. The van der Waals surface area contributed by atoms with Gasteiger partial charge in [0.25, 0.3) is 5.91 Å². The average molecular weight is 323 g/mol. The van der Waals surface area contributed by atoms with Crippen molar-refractivity contribution in [3.05, 3.63) is 46.4 Å². The fourth-order valence-electron chi connectivity index (χ4n) is 1.66. The number of amides is 1. The molecule has 0 bridgehead atoms. The number of carbonyl (C=O) groups is 2. The van der Waals surface area contributed by atoms with Crippen molar-refractivity contribution in [2.45, 2.75) is 13.0 Å². The highest BCUT2D eigenvalue weighted by Gasteiger charge is 2.20. The molecule has 0 saturated heterocycles. The molecule has 5 nitrogen and oxygen atoms in total. The summed E-state index contributed by atoms with van der Waals surface area (Å²) in [4.78, 5) is 23.9. The molecule has 0 fully saturated rings. The van der Waals surface area contributed by atoms with Crippen LogP contribution in [0.2, 0.25) is 0 Å². The molecular weight excluding hydrogens is 309 g/mol. The van der Waals surface area contributed by atoms with Crippen molar-refractivity contribution in [2.24, 2.45) is 0 Å². The maximum absolute atomic E-state index is 12.8. The van der Waals surface area contributed by atoms with Gasteiger partial charge >= 0.3 is 5.97 Å².